The average molecular weight is 398 g/mol. The van der Waals surface area contributed by atoms with Crippen molar-refractivity contribution in [2.45, 2.75) is 37.4 Å². The first kappa shape index (κ1) is 21.4. The molecule has 2 N–H and O–H groups in total. The summed E-state index contributed by atoms with van der Waals surface area (Å²) in [5, 5.41) is 21.6. The normalized spacial score (nSPS) is 22.1. The molecule has 29 heavy (non-hydrogen) atoms. The first-order valence-electron chi connectivity index (χ1n) is 10.3. The molecule has 6 nitrogen and oxygen atoms in total. The van der Waals surface area contributed by atoms with Gasteiger partial charge in [0.05, 0.1) is 12.6 Å². The van der Waals surface area contributed by atoms with Crippen molar-refractivity contribution in [1.29, 1.82) is 0 Å². The van der Waals surface area contributed by atoms with Gasteiger partial charge in [0.15, 0.2) is 0 Å². The van der Waals surface area contributed by atoms with Gasteiger partial charge < -0.3 is 20.0 Å². The predicted molar refractivity (Wildman–Crippen MR) is 112 cm³/mol. The van der Waals surface area contributed by atoms with Crippen LogP contribution in [0.3, 0.4) is 0 Å². The zero-order valence-electron chi connectivity index (χ0n) is 17.1. The van der Waals surface area contributed by atoms with Crippen LogP contribution in [-0.2, 0) is 17.6 Å². The molecule has 2 heterocycles. The van der Waals surface area contributed by atoms with Crippen molar-refractivity contribution in [3.8, 4) is 0 Å². The van der Waals surface area contributed by atoms with E-state index in [1.807, 2.05) is 60.5 Å². The topological polar surface area (TPSA) is 76.9 Å². The lowest BCUT2D eigenvalue weighted by molar-refractivity contribution is -0.155. The van der Waals surface area contributed by atoms with Crippen LogP contribution >= 0.6 is 0 Å². The molecule has 1 aromatic heterocycles. The Hall–Kier alpha value is -2.28. The molecule has 2 aromatic rings. The standard InChI is InChI=1S/C23H31N3O3/c1-25(15-12-20-9-5-6-14-24-20)17-23(29)18-26(16-13-21(23)27)22(28)11-10-19-7-3-2-4-8-19/h2-9,14,21,27,29H,10-13,15-18H2,1H3/t21-,23+/m0/s1. The van der Waals surface area contributed by atoms with Crippen LogP contribution in [0.4, 0.5) is 0 Å². The summed E-state index contributed by atoms with van der Waals surface area (Å²) in [4.78, 5) is 20.7. The van der Waals surface area contributed by atoms with Crippen molar-refractivity contribution < 1.29 is 15.0 Å². The highest BCUT2D eigenvalue weighted by atomic mass is 16.3. The maximum Gasteiger partial charge on any atom is 0.223 e. The molecule has 1 aliphatic rings. The van der Waals surface area contributed by atoms with Crippen molar-refractivity contribution in [1.82, 2.24) is 14.8 Å². The Bertz CT molecular complexity index is 771. The molecule has 0 aliphatic carbocycles. The van der Waals surface area contributed by atoms with Crippen molar-refractivity contribution in [3.63, 3.8) is 0 Å². The smallest absolute Gasteiger partial charge is 0.223 e. The fourth-order valence-electron chi connectivity index (χ4n) is 3.88. The minimum absolute atomic E-state index is 0.0234. The molecule has 0 unspecified atom stereocenters. The molecule has 3 rings (SSSR count). The molecular weight excluding hydrogens is 366 g/mol. The van der Waals surface area contributed by atoms with E-state index < -0.39 is 11.7 Å². The van der Waals surface area contributed by atoms with Gasteiger partial charge in [-0.05, 0) is 37.6 Å². The van der Waals surface area contributed by atoms with Crippen LogP contribution in [0, 0.1) is 0 Å². The summed E-state index contributed by atoms with van der Waals surface area (Å²) < 4.78 is 0. The number of rotatable bonds is 8. The number of aromatic nitrogens is 1. The van der Waals surface area contributed by atoms with Gasteiger partial charge in [0.1, 0.15) is 5.60 Å². The van der Waals surface area contributed by atoms with Gasteiger partial charge in [-0.3, -0.25) is 9.78 Å². The van der Waals surface area contributed by atoms with E-state index in [2.05, 4.69) is 4.98 Å². The van der Waals surface area contributed by atoms with Gasteiger partial charge in [-0.25, -0.2) is 0 Å². The quantitative estimate of drug-likeness (QED) is 0.706. The van der Waals surface area contributed by atoms with Crippen LogP contribution in [0.25, 0.3) is 0 Å². The molecule has 1 amide bonds. The summed E-state index contributed by atoms with van der Waals surface area (Å²) in [6.07, 6.45) is 3.18. The van der Waals surface area contributed by atoms with E-state index in [0.29, 0.717) is 38.9 Å². The van der Waals surface area contributed by atoms with Crippen LogP contribution in [0.15, 0.2) is 54.7 Å². The number of β-amino-alcohol motifs (C(OH)–C–C–N with tert-alkyl or cyclic N) is 1. The lowest BCUT2D eigenvalue weighted by atomic mass is 9.88. The number of carbonyl (C=O) groups excluding carboxylic acids is 1. The van der Waals surface area contributed by atoms with Crippen LogP contribution in [0.5, 0.6) is 0 Å². The number of hydrogen-bond acceptors (Lipinski definition) is 5. The number of piperidine rings is 1. The Kier molecular flexibility index (Phi) is 7.36. The molecule has 1 aromatic carbocycles. The summed E-state index contributed by atoms with van der Waals surface area (Å²) in [7, 11) is 1.92. The third-order valence-corrected chi connectivity index (χ3v) is 5.60. The highest BCUT2D eigenvalue weighted by Crippen LogP contribution is 2.24. The molecule has 0 saturated carbocycles. The number of amides is 1. The molecule has 2 atom stereocenters. The lowest BCUT2D eigenvalue weighted by Gasteiger charge is -2.44. The van der Waals surface area contributed by atoms with Gasteiger partial charge in [-0.2, -0.15) is 0 Å². The van der Waals surface area contributed by atoms with E-state index in [-0.39, 0.29) is 12.5 Å². The van der Waals surface area contributed by atoms with Crippen molar-refractivity contribution in [3.05, 3.63) is 66.0 Å². The third-order valence-electron chi connectivity index (χ3n) is 5.60. The Labute approximate surface area is 172 Å². The average Bonchev–Trinajstić information content (AvgIpc) is 2.74. The van der Waals surface area contributed by atoms with E-state index in [0.717, 1.165) is 17.7 Å². The first-order valence-corrected chi connectivity index (χ1v) is 10.3. The summed E-state index contributed by atoms with van der Waals surface area (Å²) in [5.74, 6) is 0.0234. The van der Waals surface area contributed by atoms with E-state index in [1.165, 1.54) is 0 Å². The molecule has 0 radical (unpaired) electrons. The van der Waals surface area contributed by atoms with Gasteiger partial charge in [0, 0.05) is 44.4 Å². The van der Waals surface area contributed by atoms with Crippen molar-refractivity contribution in [2.75, 3.05) is 33.2 Å². The number of likely N-dealkylation sites (tertiary alicyclic amines) is 1. The van der Waals surface area contributed by atoms with Crippen LogP contribution < -0.4 is 0 Å². The number of nitrogens with zero attached hydrogens (tertiary/aromatic N) is 3. The molecule has 1 fully saturated rings. The largest absolute Gasteiger partial charge is 0.390 e. The van der Waals surface area contributed by atoms with Gasteiger partial charge >= 0.3 is 0 Å². The number of aryl methyl sites for hydroxylation is 1. The molecular formula is C23H31N3O3. The highest BCUT2D eigenvalue weighted by molar-refractivity contribution is 5.76. The van der Waals surface area contributed by atoms with Crippen molar-refractivity contribution in [2.24, 2.45) is 0 Å². The Balaban J connectivity index is 1.52. The fraction of sp³-hybridized carbons (Fsp3) is 0.478. The Morgan fingerprint density at radius 2 is 1.97 bits per heavy atom. The minimum atomic E-state index is -1.32. The minimum Gasteiger partial charge on any atom is -0.390 e. The number of hydrogen-bond donors (Lipinski definition) is 2. The van der Waals surface area contributed by atoms with Gasteiger partial charge in [-0.15, -0.1) is 0 Å². The number of carbonyl (C=O) groups is 1. The van der Waals surface area contributed by atoms with E-state index in [9.17, 15) is 15.0 Å². The number of aliphatic hydroxyl groups excluding tert-OH is 1. The summed E-state index contributed by atoms with van der Waals surface area (Å²) in [6.45, 7) is 1.67. The molecule has 1 aliphatic heterocycles. The van der Waals surface area contributed by atoms with Crippen LogP contribution in [0.2, 0.25) is 0 Å². The predicted octanol–water partition coefficient (Wildman–Crippen LogP) is 1.51. The zero-order chi connectivity index (χ0) is 20.7. The van der Waals surface area contributed by atoms with Gasteiger partial charge in [0.2, 0.25) is 5.91 Å². The number of benzene rings is 1. The van der Waals surface area contributed by atoms with Gasteiger partial charge in [0.25, 0.3) is 0 Å². The molecule has 0 bridgehead atoms. The number of pyridine rings is 1. The molecule has 156 valence electrons. The highest BCUT2D eigenvalue weighted by Gasteiger charge is 2.43. The number of aliphatic hydroxyl groups is 2. The second-order valence-corrected chi connectivity index (χ2v) is 8.02. The lowest BCUT2D eigenvalue weighted by Crippen LogP contribution is -2.62. The second kappa shape index (κ2) is 9.96. The van der Waals surface area contributed by atoms with E-state index in [1.54, 1.807) is 11.1 Å². The van der Waals surface area contributed by atoms with Crippen LogP contribution in [-0.4, -0.2) is 75.8 Å². The Morgan fingerprint density at radius 3 is 2.69 bits per heavy atom. The molecule has 0 spiro atoms. The second-order valence-electron chi connectivity index (χ2n) is 8.02. The van der Waals surface area contributed by atoms with Gasteiger partial charge in [-0.1, -0.05) is 36.4 Å². The first-order chi connectivity index (χ1) is 14.0. The summed E-state index contributed by atoms with van der Waals surface area (Å²) in [5.41, 5.74) is 0.801. The summed E-state index contributed by atoms with van der Waals surface area (Å²) >= 11 is 0. The Morgan fingerprint density at radius 1 is 1.21 bits per heavy atom. The fourth-order valence-corrected chi connectivity index (χ4v) is 3.88. The van der Waals surface area contributed by atoms with E-state index >= 15 is 0 Å². The SMILES string of the molecule is CN(CCc1ccccn1)C[C@@]1(O)CN(C(=O)CCc2ccccc2)CC[C@@H]1O. The summed E-state index contributed by atoms with van der Waals surface area (Å²) in [6, 6.07) is 15.7. The third kappa shape index (κ3) is 6.10. The number of likely N-dealkylation sites (N-methyl/N-ethyl adjacent to an activating group) is 1. The maximum atomic E-state index is 12.7. The monoisotopic (exact) mass is 397 g/mol. The van der Waals surface area contributed by atoms with Crippen LogP contribution in [0.1, 0.15) is 24.1 Å². The zero-order valence-corrected chi connectivity index (χ0v) is 17.1. The maximum absolute atomic E-state index is 12.7. The molecule has 1 saturated heterocycles. The molecule has 6 heteroatoms. The van der Waals surface area contributed by atoms with E-state index in [4.69, 9.17) is 0 Å². The van der Waals surface area contributed by atoms with Crippen molar-refractivity contribution >= 4 is 5.91 Å².